The lowest BCUT2D eigenvalue weighted by molar-refractivity contribution is -0.120. The summed E-state index contributed by atoms with van der Waals surface area (Å²) >= 11 is 0. The summed E-state index contributed by atoms with van der Waals surface area (Å²) in [5.74, 6) is -0.108. The lowest BCUT2D eigenvalue weighted by Gasteiger charge is -2.22. The second-order valence-electron chi connectivity index (χ2n) is 5.32. The van der Waals surface area contributed by atoms with Crippen LogP contribution in [0.25, 0.3) is 0 Å². The molecule has 1 aromatic rings. The molecule has 0 saturated carbocycles. The highest BCUT2D eigenvalue weighted by Gasteiger charge is 2.22. The van der Waals surface area contributed by atoms with Gasteiger partial charge in [0.2, 0.25) is 5.91 Å². The summed E-state index contributed by atoms with van der Waals surface area (Å²) in [6.45, 7) is 4.38. The van der Waals surface area contributed by atoms with Gasteiger partial charge in [-0.1, -0.05) is 19.1 Å². The topological polar surface area (TPSA) is 70.2 Å². The van der Waals surface area contributed by atoms with Gasteiger partial charge in [0.1, 0.15) is 0 Å². The first-order valence-corrected chi connectivity index (χ1v) is 7.61. The summed E-state index contributed by atoms with van der Waals surface area (Å²) in [5.41, 5.74) is 1.11. The Morgan fingerprint density at radius 2 is 1.95 bits per heavy atom. The minimum atomic E-state index is -0.141. The van der Waals surface area contributed by atoms with Crippen LogP contribution in [0, 0.1) is 5.92 Å². The summed E-state index contributed by atoms with van der Waals surface area (Å²) in [6.07, 6.45) is 2.57. The highest BCUT2D eigenvalue weighted by Crippen LogP contribution is 2.19. The van der Waals surface area contributed by atoms with E-state index in [9.17, 15) is 9.59 Å². The molecule has 0 radical (unpaired) electrons. The summed E-state index contributed by atoms with van der Waals surface area (Å²) in [4.78, 5) is 24.4. The van der Waals surface area contributed by atoms with Crippen molar-refractivity contribution in [1.29, 1.82) is 0 Å². The van der Waals surface area contributed by atoms with Crippen molar-refractivity contribution in [2.24, 2.45) is 5.92 Å². The third-order valence-electron chi connectivity index (χ3n) is 3.68. The minimum Gasteiger partial charge on any atom is -0.352 e. The van der Waals surface area contributed by atoms with Crippen molar-refractivity contribution in [3.63, 3.8) is 0 Å². The summed E-state index contributed by atoms with van der Waals surface area (Å²) in [7, 11) is 0. The fraction of sp³-hybridized carbons (Fsp3) is 0.500. The molecule has 2 rings (SSSR count). The maximum Gasteiger partial charge on any atom is 0.253 e. The first-order valence-electron chi connectivity index (χ1n) is 7.61. The average Bonchev–Trinajstić information content (AvgIpc) is 2.54. The molecule has 0 atom stereocenters. The predicted molar refractivity (Wildman–Crippen MR) is 83.3 cm³/mol. The van der Waals surface area contributed by atoms with Crippen LogP contribution in [0.5, 0.6) is 0 Å². The van der Waals surface area contributed by atoms with Gasteiger partial charge in [0, 0.05) is 12.5 Å². The van der Waals surface area contributed by atoms with E-state index in [-0.39, 0.29) is 17.7 Å². The molecule has 1 heterocycles. The maximum absolute atomic E-state index is 12.3. The molecule has 114 valence electrons. The first-order chi connectivity index (χ1) is 10.2. The quantitative estimate of drug-likeness (QED) is 0.773. The van der Waals surface area contributed by atoms with Gasteiger partial charge in [0.25, 0.3) is 5.91 Å². The molecule has 5 nitrogen and oxygen atoms in total. The van der Waals surface area contributed by atoms with Crippen LogP contribution in [0.4, 0.5) is 5.69 Å². The number of anilines is 1. The Hall–Kier alpha value is -1.88. The monoisotopic (exact) mass is 289 g/mol. The van der Waals surface area contributed by atoms with Crippen molar-refractivity contribution < 1.29 is 9.59 Å². The number of amides is 2. The van der Waals surface area contributed by atoms with E-state index in [2.05, 4.69) is 16.0 Å². The van der Waals surface area contributed by atoms with E-state index in [1.165, 1.54) is 0 Å². The zero-order valence-corrected chi connectivity index (χ0v) is 12.4. The van der Waals surface area contributed by atoms with Gasteiger partial charge in [-0.05, 0) is 44.5 Å². The van der Waals surface area contributed by atoms with Gasteiger partial charge in [0.15, 0.2) is 0 Å². The zero-order valence-electron chi connectivity index (χ0n) is 12.4. The molecule has 0 spiro atoms. The highest BCUT2D eigenvalue weighted by molar-refractivity contribution is 6.04. The number of carbonyl (C=O) groups excluding carboxylic acids is 2. The molecule has 1 fully saturated rings. The Balaban J connectivity index is 2.05. The number of nitrogens with one attached hydrogen (secondary N) is 3. The highest BCUT2D eigenvalue weighted by atomic mass is 16.2. The van der Waals surface area contributed by atoms with Gasteiger partial charge < -0.3 is 16.0 Å². The maximum atomic E-state index is 12.3. The molecule has 0 aromatic heterocycles. The number of piperidine rings is 1. The van der Waals surface area contributed by atoms with E-state index in [1.54, 1.807) is 18.2 Å². The molecule has 21 heavy (non-hydrogen) atoms. The van der Waals surface area contributed by atoms with Crippen LogP contribution in [-0.2, 0) is 4.79 Å². The van der Waals surface area contributed by atoms with Crippen LogP contribution >= 0.6 is 0 Å². The van der Waals surface area contributed by atoms with Gasteiger partial charge >= 0.3 is 0 Å². The van der Waals surface area contributed by atoms with Gasteiger partial charge in [-0.3, -0.25) is 9.59 Å². The molecule has 0 aliphatic carbocycles. The molecule has 2 amide bonds. The van der Waals surface area contributed by atoms with Crippen LogP contribution < -0.4 is 16.0 Å². The van der Waals surface area contributed by atoms with Gasteiger partial charge in [-0.2, -0.15) is 0 Å². The Morgan fingerprint density at radius 1 is 1.24 bits per heavy atom. The molecular weight excluding hydrogens is 266 g/mol. The summed E-state index contributed by atoms with van der Waals surface area (Å²) < 4.78 is 0. The Bertz CT molecular complexity index is 496. The average molecular weight is 289 g/mol. The third kappa shape index (κ3) is 4.29. The van der Waals surface area contributed by atoms with Crippen LogP contribution in [0.1, 0.15) is 36.5 Å². The molecule has 1 saturated heterocycles. The van der Waals surface area contributed by atoms with Crippen molar-refractivity contribution in [3.8, 4) is 0 Å². The molecule has 1 aliphatic rings. The van der Waals surface area contributed by atoms with Crippen molar-refractivity contribution in [1.82, 2.24) is 10.6 Å². The van der Waals surface area contributed by atoms with Crippen molar-refractivity contribution in [3.05, 3.63) is 29.8 Å². The van der Waals surface area contributed by atoms with Gasteiger partial charge in [-0.15, -0.1) is 0 Å². The van der Waals surface area contributed by atoms with E-state index in [0.29, 0.717) is 17.8 Å². The number of benzene rings is 1. The number of para-hydroxylation sites is 1. The van der Waals surface area contributed by atoms with Crippen LogP contribution in [0.2, 0.25) is 0 Å². The number of rotatable bonds is 5. The minimum absolute atomic E-state index is 0.00671. The van der Waals surface area contributed by atoms with Crippen molar-refractivity contribution >= 4 is 17.5 Å². The molecular formula is C16H23N3O2. The van der Waals surface area contributed by atoms with Crippen molar-refractivity contribution in [2.75, 3.05) is 25.0 Å². The van der Waals surface area contributed by atoms with E-state index in [1.807, 2.05) is 13.0 Å². The normalized spacial score (nSPS) is 15.5. The predicted octanol–water partition coefficient (Wildman–Crippen LogP) is 1.76. The number of carbonyl (C=O) groups is 2. The fourth-order valence-electron chi connectivity index (χ4n) is 2.44. The Morgan fingerprint density at radius 3 is 2.67 bits per heavy atom. The summed E-state index contributed by atoms with van der Waals surface area (Å²) in [5, 5.41) is 8.99. The second kappa shape index (κ2) is 7.78. The lowest BCUT2D eigenvalue weighted by Crippen LogP contribution is -2.35. The molecule has 0 bridgehead atoms. The van der Waals surface area contributed by atoms with Crippen molar-refractivity contribution in [2.45, 2.75) is 26.2 Å². The largest absolute Gasteiger partial charge is 0.352 e. The van der Waals surface area contributed by atoms with Gasteiger partial charge in [-0.25, -0.2) is 0 Å². The third-order valence-corrected chi connectivity index (χ3v) is 3.68. The van der Waals surface area contributed by atoms with E-state index < -0.39 is 0 Å². The number of hydrogen-bond donors (Lipinski definition) is 3. The molecule has 1 aromatic carbocycles. The standard InChI is InChI=1S/C16H23N3O2/c1-2-9-18-16(21)13-5-3-4-6-14(13)19-15(20)12-7-10-17-11-8-12/h3-6,12,17H,2,7-11H2,1H3,(H,18,21)(H,19,20). The molecule has 1 aliphatic heterocycles. The van der Waals surface area contributed by atoms with E-state index >= 15 is 0 Å². The zero-order chi connectivity index (χ0) is 15.1. The smallest absolute Gasteiger partial charge is 0.253 e. The Kier molecular flexibility index (Phi) is 5.75. The Labute approximate surface area is 125 Å². The lowest BCUT2D eigenvalue weighted by atomic mass is 9.97. The van der Waals surface area contributed by atoms with E-state index in [0.717, 1.165) is 32.4 Å². The van der Waals surface area contributed by atoms with E-state index in [4.69, 9.17) is 0 Å². The SMILES string of the molecule is CCCNC(=O)c1ccccc1NC(=O)C1CCNCC1. The number of hydrogen-bond acceptors (Lipinski definition) is 3. The van der Waals surface area contributed by atoms with Crippen LogP contribution in [0.3, 0.4) is 0 Å². The first kappa shape index (κ1) is 15.5. The fourth-order valence-corrected chi connectivity index (χ4v) is 2.44. The second-order valence-corrected chi connectivity index (χ2v) is 5.32. The van der Waals surface area contributed by atoms with Crippen LogP contribution in [0.15, 0.2) is 24.3 Å². The molecule has 3 N–H and O–H groups in total. The van der Waals surface area contributed by atoms with Crippen LogP contribution in [-0.4, -0.2) is 31.4 Å². The van der Waals surface area contributed by atoms with Gasteiger partial charge in [0.05, 0.1) is 11.3 Å². The molecule has 5 heteroatoms. The summed E-state index contributed by atoms with van der Waals surface area (Å²) in [6, 6.07) is 7.15. The molecule has 0 unspecified atom stereocenters.